The van der Waals surface area contributed by atoms with Gasteiger partial charge in [-0.1, -0.05) is 103 Å². The van der Waals surface area contributed by atoms with Gasteiger partial charge in [0.2, 0.25) is 17.7 Å². The maximum Gasteiger partial charge on any atom is 0.410 e. The van der Waals surface area contributed by atoms with Crippen molar-refractivity contribution in [2.75, 3.05) is 21.1 Å². The zero-order chi connectivity index (χ0) is 44.9. The summed E-state index contributed by atoms with van der Waals surface area (Å²) in [6.45, 7) is 6.68. The highest BCUT2D eigenvalue weighted by molar-refractivity contribution is 5.95. The number of rotatable bonds is 19. The molecule has 0 aliphatic rings. The molecule has 13 nitrogen and oxygen atoms in total. The molecule has 0 spiro atoms. The molecule has 4 aromatic rings. The van der Waals surface area contributed by atoms with Gasteiger partial charge < -0.3 is 35.0 Å². The van der Waals surface area contributed by atoms with Crippen molar-refractivity contribution in [3.05, 3.63) is 138 Å². The smallest absolute Gasteiger partial charge is 0.410 e. The zero-order valence-electron chi connectivity index (χ0n) is 36.0. The molecule has 324 valence electrons. The maximum absolute atomic E-state index is 14.9. The lowest BCUT2D eigenvalue weighted by molar-refractivity contribution is -0.150. The summed E-state index contributed by atoms with van der Waals surface area (Å²) in [6, 6.07) is 28.9. The molecule has 0 bridgehead atoms. The number of ketones is 1. The summed E-state index contributed by atoms with van der Waals surface area (Å²) in [5.41, 5.74) is 2.08. The molecule has 0 aliphatic heterocycles. The van der Waals surface area contributed by atoms with Crippen molar-refractivity contribution in [1.29, 1.82) is 0 Å². The number of hydrogen-bond acceptors (Lipinski definition) is 8. The van der Waals surface area contributed by atoms with Crippen LogP contribution in [0.25, 0.3) is 0 Å². The average Bonchev–Trinajstić information content (AvgIpc) is 3.23. The summed E-state index contributed by atoms with van der Waals surface area (Å²) in [7, 11) is 4.43. The second kappa shape index (κ2) is 21.7. The molecule has 0 saturated heterocycles. The Balaban J connectivity index is 1.65. The molecule has 0 aliphatic carbocycles. The van der Waals surface area contributed by atoms with Crippen LogP contribution in [-0.4, -0.2) is 111 Å². The fraction of sp³-hybridized carbons (Fsp3) is 0.375. The Morgan fingerprint density at radius 3 is 1.54 bits per heavy atom. The van der Waals surface area contributed by atoms with E-state index in [-0.39, 0.29) is 43.6 Å². The van der Waals surface area contributed by atoms with E-state index < -0.39 is 65.5 Å². The van der Waals surface area contributed by atoms with Gasteiger partial charge in [-0.15, -0.1) is 0 Å². The van der Waals surface area contributed by atoms with E-state index in [0.717, 1.165) is 16.7 Å². The van der Waals surface area contributed by atoms with E-state index in [1.54, 1.807) is 32.9 Å². The molecule has 13 heteroatoms. The number of phenols is 1. The minimum atomic E-state index is -1.33. The predicted octanol–water partition coefficient (Wildman–Crippen LogP) is 5.72. The van der Waals surface area contributed by atoms with Crippen LogP contribution in [0.5, 0.6) is 5.75 Å². The van der Waals surface area contributed by atoms with E-state index in [4.69, 9.17) is 4.74 Å². The van der Waals surface area contributed by atoms with E-state index in [9.17, 15) is 39.0 Å². The number of Topliss-reactive ketones (excluding diaryl/α,β-unsaturated/α-hetero) is 1. The summed E-state index contributed by atoms with van der Waals surface area (Å²) < 4.78 is 5.64. The summed E-state index contributed by atoms with van der Waals surface area (Å²) in [6.07, 6.45) is -0.613. The first kappa shape index (κ1) is 47.2. The number of ether oxygens (including phenoxy) is 1. The Hall–Kier alpha value is -6.50. The lowest BCUT2D eigenvalue weighted by Crippen LogP contribution is -2.57. The first-order chi connectivity index (χ1) is 28.8. The molecule has 0 radical (unpaired) electrons. The van der Waals surface area contributed by atoms with Gasteiger partial charge in [0, 0.05) is 52.7 Å². The van der Waals surface area contributed by atoms with Crippen LogP contribution in [0.4, 0.5) is 4.79 Å². The van der Waals surface area contributed by atoms with E-state index in [1.807, 2.05) is 91.0 Å². The lowest BCUT2D eigenvalue weighted by atomic mass is 9.88. The predicted molar refractivity (Wildman–Crippen MR) is 232 cm³/mol. The van der Waals surface area contributed by atoms with Gasteiger partial charge in [-0.3, -0.25) is 19.2 Å². The number of likely N-dealkylation sites (N-methyl/N-ethyl adjacent to an activating group) is 3. The lowest BCUT2D eigenvalue weighted by Gasteiger charge is -2.35. The molecule has 0 unspecified atom stereocenters. The number of phenolic OH excluding ortho intramolecular Hbond substituents is 1. The number of aliphatic carboxylic acids is 1. The maximum atomic E-state index is 14.9. The van der Waals surface area contributed by atoms with Crippen LogP contribution < -0.4 is 5.32 Å². The largest absolute Gasteiger partial charge is 0.508 e. The molecule has 4 rings (SSSR count). The third-order valence-electron chi connectivity index (χ3n) is 10.6. The van der Waals surface area contributed by atoms with E-state index in [2.05, 4.69) is 5.32 Å². The number of aromatic hydroxyl groups is 1. The Bertz CT molecular complexity index is 2090. The summed E-state index contributed by atoms with van der Waals surface area (Å²) in [5.74, 6) is -4.39. The van der Waals surface area contributed by atoms with Crippen LogP contribution in [0.2, 0.25) is 0 Å². The van der Waals surface area contributed by atoms with Crippen LogP contribution in [0.3, 0.4) is 0 Å². The first-order valence-corrected chi connectivity index (χ1v) is 20.3. The van der Waals surface area contributed by atoms with Crippen LogP contribution in [0.1, 0.15) is 56.4 Å². The molecule has 4 aromatic carbocycles. The number of benzene rings is 4. The third-order valence-corrected chi connectivity index (χ3v) is 10.6. The minimum absolute atomic E-state index is 0.0120. The summed E-state index contributed by atoms with van der Waals surface area (Å²) >= 11 is 0. The fourth-order valence-electron chi connectivity index (χ4n) is 6.92. The van der Waals surface area contributed by atoms with Crippen molar-refractivity contribution in [2.45, 2.75) is 89.6 Å². The van der Waals surface area contributed by atoms with Gasteiger partial charge in [0.25, 0.3) is 0 Å². The molecule has 0 heterocycles. The van der Waals surface area contributed by atoms with Gasteiger partial charge in [-0.25, -0.2) is 9.59 Å². The van der Waals surface area contributed by atoms with Gasteiger partial charge in [-0.05, 0) is 68.5 Å². The highest BCUT2D eigenvalue weighted by Crippen LogP contribution is 2.24. The molecule has 5 atom stereocenters. The number of carboxylic acid groups (broad SMARTS) is 1. The van der Waals surface area contributed by atoms with Crippen molar-refractivity contribution in [1.82, 2.24) is 20.0 Å². The zero-order valence-corrected chi connectivity index (χ0v) is 36.0. The second-order valence-electron chi connectivity index (χ2n) is 16.4. The number of carbonyl (C=O) groups is 6. The standard InChI is InChI=1S/C48H58N4O9/c1-32(43(55)49-39(46(58)59)28-36-23-25-38(53)26-24-36)50(5)45(57)41(30-35-21-15-10-16-22-35)51(6)44(56)37(27-33-17-11-8-12-18-33)31-42(54)40(29-34-19-13-9-14-20-34)52(7)47(60)61-48(2,3)4/h8-26,32,37,39-41,53H,27-31H2,1-7H3,(H,49,55)(H,58,59)/t32-,37+,39-,40-,41-/m0/s1. The molecule has 0 saturated carbocycles. The van der Waals surface area contributed by atoms with Crippen molar-refractivity contribution in [3.63, 3.8) is 0 Å². The molecule has 0 aromatic heterocycles. The fourth-order valence-corrected chi connectivity index (χ4v) is 6.92. The molecule has 61 heavy (non-hydrogen) atoms. The Morgan fingerprint density at radius 2 is 1.07 bits per heavy atom. The SMILES string of the molecule is C[C@@H](C(=O)N[C@@H](Cc1ccc(O)cc1)C(=O)O)N(C)C(=O)[C@H](Cc1ccccc1)N(C)C(=O)[C@@H](CC(=O)[C@H](Cc1ccccc1)N(C)C(=O)OC(C)(C)C)Cc1ccccc1. The van der Waals surface area contributed by atoms with Crippen LogP contribution in [-0.2, 0) is 54.4 Å². The number of hydrogen-bond donors (Lipinski definition) is 3. The number of nitrogens with zero attached hydrogens (tertiary/aromatic N) is 3. The van der Waals surface area contributed by atoms with Crippen molar-refractivity contribution in [2.24, 2.45) is 5.92 Å². The van der Waals surface area contributed by atoms with Gasteiger partial charge >= 0.3 is 12.1 Å². The molecule has 3 N–H and O–H groups in total. The topological polar surface area (TPSA) is 174 Å². The minimum Gasteiger partial charge on any atom is -0.508 e. The van der Waals surface area contributed by atoms with Gasteiger partial charge in [-0.2, -0.15) is 0 Å². The van der Waals surface area contributed by atoms with E-state index >= 15 is 0 Å². The highest BCUT2D eigenvalue weighted by Gasteiger charge is 2.39. The third kappa shape index (κ3) is 14.0. The Labute approximate surface area is 358 Å². The first-order valence-electron chi connectivity index (χ1n) is 20.3. The Morgan fingerprint density at radius 1 is 0.607 bits per heavy atom. The molecular weight excluding hydrogens is 777 g/mol. The van der Waals surface area contributed by atoms with Gasteiger partial charge in [0.15, 0.2) is 5.78 Å². The van der Waals surface area contributed by atoms with E-state index in [0.29, 0.717) is 5.56 Å². The van der Waals surface area contributed by atoms with Crippen molar-refractivity contribution >= 4 is 35.6 Å². The normalized spacial score (nSPS) is 13.7. The van der Waals surface area contributed by atoms with Crippen molar-refractivity contribution in [3.8, 4) is 5.75 Å². The molecular formula is C48H58N4O9. The quantitative estimate of drug-likeness (QED) is 0.107. The summed E-state index contributed by atoms with van der Waals surface area (Å²) in [4.78, 5) is 86.9. The van der Waals surface area contributed by atoms with E-state index in [1.165, 1.54) is 54.9 Å². The van der Waals surface area contributed by atoms with Crippen LogP contribution in [0.15, 0.2) is 115 Å². The molecule has 0 fully saturated rings. The number of carbonyl (C=O) groups excluding carboxylic acids is 5. The van der Waals surface area contributed by atoms with Crippen LogP contribution in [0, 0.1) is 5.92 Å². The number of nitrogens with one attached hydrogen (secondary N) is 1. The molecule has 4 amide bonds. The summed E-state index contributed by atoms with van der Waals surface area (Å²) in [5, 5.41) is 22.1. The average molecular weight is 835 g/mol. The second-order valence-corrected chi connectivity index (χ2v) is 16.4. The number of carboxylic acids is 1. The number of amides is 4. The van der Waals surface area contributed by atoms with Gasteiger partial charge in [0.1, 0.15) is 29.5 Å². The monoisotopic (exact) mass is 834 g/mol. The highest BCUT2D eigenvalue weighted by atomic mass is 16.6. The van der Waals surface area contributed by atoms with Crippen LogP contribution >= 0.6 is 0 Å². The Kier molecular flexibility index (Phi) is 16.8. The van der Waals surface area contributed by atoms with Gasteiger partial charge in [0.05, 0.1) is 6.04 Å². The van der Waals surface area contributed by atoms with Crippen molar-refractivity contribution < 1.29 is 43.7 Å².